The second-order valence-electron chi connectivity index (χ2n) is 5.48. The highest BCUT2D eigenvalue weighted by molar-refractivity contribution is 6.02. The van der Waals surface area contributed by atoms with Gasteiger partial charge in [-0.25, -0.2) is 9.80 Å². The second kappa shape index (κ2) is 5.25. The van der Waals surface area contributed by atoms with E-state index in [1.165, 1.54) is 12.1 Å². The number of benzene rings is 1. The lowest BCUT2D eigenvalue weighted by molar-refractivity contribution is -0.137. The fraction of sp³-hybridized carbons (Fsp3) is 0.357. The van der Waals surface area contributed by atoms with Crippen molar-refractivity contribution in [1.82, 2.24) is 15.8 Å². The van der Waals surface area contributed by atoms with Crippen LogP contribution >= 0.6 is 0 Å². The SMILES string of the molecule is O=C1CN(NC(=O)C2CC2c2ccc(C(F)(F)F)cc2)C(=O)N1. The zero-order valence-corrected chi connectivity index (χ0v) is 11.7. The summed E-state index contributed by atoms with van der Waals surface area (Å²) in [7, 11) is 0. The van der Waals surface area contributed by atoms with Crippen molar-refractivity contribution in [3.8, 4) is 0 Å². The summed E-state index contributed by atoms with van der Waals surface area (Å²) in [5.74, 6) is -1.54. The Morgan fingerprint density at radius 3 is 2.39 bits per heavy atom. The third-order valence-electron chi connectivity index (χ3n) is 3.83. The summed E-state index contributed by atoms with van der Waals surface area (Å²) in [6.07, 6.45) is -3.91. The minimum absolute atomic E-state index is 0.182. The number of hydrazine groups is 1. The summed E-state index contributed by atoms with van der Waals surface area (Å²) in [5, 5.41) is 2.90. The number of hydrogen-bond acceptors (Lipinski definition) is 3. The topological polar surface area (TPSA) is 78.5 Å². The van der Waals surface area contributed by atoms with Crippen LogP contribution in [-0.4, -0.2) is 29.4 Å². The van der Waals surface area contributed by atoms with Crippen molar-refractivity contribution < 1.29 is 27.6 Å². The molecule has 0 spiro atoms. The van der Waals surface area contributed by atoms with Crippen LogP contribution in [0.1, 0.15) is 23.5 Å². The maximum Gasteiger partial charge on any atom is 0.416 e. The molecule has 3 rings (SSSR count). The average Bonchev–Trinajstić information content (AvgIpc) is 3.20. The Labute approximate surface area is 128 Å². The summed E-state index contributed by atoms with van der Waals surface area (Å²) in [4.78, 5) is 34.3. The van der Waals surface area contributed by atoms with Crippen LogP contribution in [0, 0.1) is 5.92 Å². The van der Waals surface area contributed by atoms with Crippen molar-refractivity contribution in [2.45, 2.75) is 18.5 Å². The molecule has 4 amide bonds. The maximum atomic E-state index is 12.5. The highest BCUT2D eigenvalue weighted by Gasteiger charge is 2.45. The molecule has 6 nitrogen and oxygen atoms in total. The number of carbonyl (C=O) groups is 3. The van der Waals surface area contributed by atoms with Crippen LogP contribution in [0.25, 0.3) is 0 Å². The Hall–Kier alpha value is -2.58. The largest absolute Gasteiger partial charge is 0.416 e. The Morgan fingerprint density at radius 1 is 1.22 bits per heavy atom. The van der Waals surface area contributed by atoms with Crippen LogP contribution in [-0.2, 0) is 15.8 Å². The molecule has 2 N–H and O–H groups in total. The molecule has 23 heavy (non-hydrogen) atoms. The molecule has 1 saturated carbocycles. The molecule has 0 bridgehead atoms. The Balaban J connectivity index is 1.60. The van der Waals surface area contributed by atoms with Crippen LogP contribution in [0.15, 0.2) is 24.3 Å². The predicted octanol–water partition coefficient (Wildman–Crippen LogP) is 1.39. The predicted molar refractivity (Wildman–Crippen MR) is 70.7 cm³/mol. The van der Waals surface area contributed by atoms with Gasteiger partial charge in [-0.1, -0.05) is 12.1 Å². The Kier molecular flexibility index (Phi) is 3.50. The van der Waals surface area contributed by atoms with Gasteiger partial charge >= 0.3 is 12.2 Å². The molecule has 2 fully saturated rings. The second-order valence-corrected chi connectivity index (χ2v) is 5.48. The minimum Gasteiger partial charge on any atom is -0.275 e. The van der Waals surface area contributed by atoms with Gasteiger partial charge in [0, 0.05) is 5.92 Å². The van der Waals surface area contributed by atoms with Gasteiger partial charge in [0.05, 0.1) is 5.56 Å². The van der Waals surface area contributed by atoms with Crippen LogP contribution in [0.4, 0.5) is 18.0 Å². The van der Waals surface area contributed by atoms with Crippen molar-refractivity contribution in [3.05, 3.63) is 35.4 Å². The number of halogens is 3. The maximum absolute atomic E-state index is 12.5. The van der Waals surface area contributed by atoms with E-state index in [2.05, 4.69) is 5.43 Å². The van der Waals surface area contributed by atoms with Gasteiger partial charge in [0.1, 0.15) is 6.54 Å². The summed E-state index contributed by atoms with van der Waals surface area (Å²) >= 11 is 0. The Bertz CT molecular complexity index is 672. The number of carbonyl (C=O) groups excluding carboxylic acids is 3. The zero-order valence-electron chi connectivity index (χ0n) is 11.7. The number of urea groups is 1. The molecule has 0 aromatic heterocycles. The summed E-state index contributed by atoms with van der Waals surface area (Å²) in [6.45, 7) is -0.248. The van der Waals surface area contributed by atoms with Gasteiger partial charge in [-0.05, 0) is 30.0 Å². The van der Waals surface area contributed by atoms with Gasteiger partial charge in [0.15, 0.2) is 0 Å². The van der Waals surface area contributed by atoms with Crippen LogP contribution in [0.3, 0.4) is 0 Å². The highest BCUT2D eigenvalue weighted by Crippen LogP contribution is 2.48. The third kappa shape index (κ3) is 3.13. The molecule has 1 aromatic carbocycles. The van der Waals surface area contributed by atoms with Crippen molar-refractivity contribution in [2.24, 2.45) is 5.92 Å². The van der Waals surface area contributed by atoms with E-state index in [-0.39, 0.29) is 12.5 Å². The Morgan fingerprint density at radius 2 is 1.87 bits per heavy atom. The van der Waals surface area contributed by atoms with E-state index in [1.807, 2.05) is 5.32 Å². The lowest BCUT2D eigenvalue weighted by Crippen LogP contribution is -2.45. The summed E-state index contributed by atoms with van der Waals surface area (Å²) in [5.41, 5.74) is 2.24. The first-order valence-electron chi connectivity index (χ1n) is 6.84. The van der Waals surface area contributed by atoms with Crippen LogP contribution in [0.2, 0.25) is 0 Å². The fourth-order valence-electron chi connectivity index (χ4n) is 2.52. The molecule has 1 aliphatic carbocycles. The summed E-state index contributed by atoms with van der Waals surface area (Å²) in [6, 6.07) is 3.97. The van der Waals surface area contributed by atoms with E-state index < -0.39 is 35.5 Å². The van der Waals surface area contributed by atoms with Gasteiger partial charge in [0.2, 0.25) is 11.8 Å². The molecule has 1 aromatic rings. The highest BCUT2D eigenvalue weighted by atomic mass is 19.4. The monoisotopic (exact) mass is 327 g/mol. The molecule has 0 radical (unpaired) electrons. The molecule has 2 unspecified atom stereocenters. The quantitative estimate of drug-likeness (QED) is 0.824. The van der Waals surface area contributed by atoms with Gasteiger partial charge in [-0.2, -0.15) is 13.2 Å². The number of amides is 4. The van der Waals surface area contributed by atoms with E-state index in [9.17, 15) is 27.6 Å². The third-order valence-corrected chi connectivity index (χ3v) is 3.83. The van der Waals surface area contributed by atoms with Crippen molar-refractivity contribution in [3.63, 3.8) is 0 Å². The standard InChI is InChI=1S/C14H12F3N3O3/c15-14(16,17)8-3-1-7(2-4-8)9-5-10(9)12(22)19-20-6-11(21)18-13(20)23/h1-4,9-10H,5-6H2,(H,19,22)(H,18,21,23). The average molecular weight is 327 g/mol. The van der Waals surface area contributed by atoms with Gasteiger partial charge in [0.25, 0.3) is 0 Å². The smallest absolute Gasteiger partial charge is 0.275 e. The lowest BCUT2D eigenvalue weighted by atomic mass is 10.1. The van der Waals surface area contributed by atoms with Crippen molar-refractivity contribution >= 4 is 17.8 Å². The van der Waals surface area contributed by atoms with Crippen molar-refractivity contribution in [2.75, 3.05) is 6.54 Å². The normalized spacial score (nSPS) is 23.7. The zero-order chi connectivity index (χ0) is 16.8. The molecular formula is C14H12F3N3O3. The molecular weight excluding hydrogens is 315 g/mol. The van der Waals surface area contributed by atoms with E-state index >= 15 is 0 Å². The molecule has 2 aliphatic rings. The first-order valence-corrected chi connectivity index (χ1v) is 6.84. The lowest BCUT2D eigenvalue weighted by Gasteiger charge is -2.14. The van der Waals surface area contributed by atoms with E-state index in [0.29, 0.717) is 12.0 Å². The molecule has 9 heteroatoms. The van der Waals surface area contributed by atoms with E-state index in [0.717, 1.165) is 17.1 Å². The fourth-order valence-corrected chi connectivity index (χ4v) is 2.52. The number of alkyl halides is 3. The number of imide groups is 1. The van der Waals surface area contributed by atoms with Crippen LogP contribution in [0.5, 0.6) is 0 Å². The van der Waals surface area contributed by atoms with E-state index in [4.69, 9.17) is 0 Å². The number of nitrogens with one attached hydrogen (secondary N) is 2. The summed E-state index contributed by atoms with van der Waals surface area (Å²) < 4.78 is 37.5. The number of hydrogen-bond donors (Lipinski definition) is 2. The van der Waals surface area contributed by atoms with Crippen molar-refractivity contribution in [1.29, 1.82) is 0 Å². The van der Waals surface area contributed by atoms with Gasteiger partial charge in [-0.3, -0.25) is 20.3 Å². The number of nitrogens with zero attached hydrogens (tertiary/aromatic N) is 1. The number of rotatable bonds is 3. The van der Waals surface area contributed by atoms with Gasteiger partial charge < -0.3 is 0 Å². The molecule has 1 aliphatic heterocycles. The molecule has 122 valence electrons. The molecule has 1 saturated heterocycles. The molecule has 2 atom stereocenters. The molecule has 1 heterocycles. The minimum atomic E-state index is -4.39. The first-order chi connectivity index (χ1) is 10.8. The van der Waals surface area contributed by atoms with Crippen LogP contribution < -0.4 is 10.7 Å². The van der Waals surface area contributed by atoms with E-state index in [1.54, 1.807) is 0 Å². The first kappa shape index (κ1) is 15.3. The van der Waals surface area contributed by atoms with Gasteiger partial charge in [-0.15, -0.1) is 0 Å².